The van der Waals surface area contributed by atoms with Gasteiger partial charge in [-0.25, -0.2) is 0 Å². The van der Waals surface area contributed by atoms with E-state index in [1.807, 2.05) is 4.90 Å². The Morgan fingerprint density at radius 1 is 1.15 bits per heavy atom. The fourth-order valence-corrected chi connectivity index (χ4v) is 3.90. The number of carbonyl (C=O) groups is 1. The maximum absolute atomic E-state index is 11.0. The van der Waals surface area contributed by atoms with Gasteiger partial charge in [-0.3, -0.25) is 14.6 Å². The number of hydrogen-bond donors (Lipinski definition) is 0. The highest BCUT2D eigenvalue weighted by molar-refractivity contribution is 5.47. The van der Waals surface area contributed by atoms with Crippen LogP contribution in [0.2, 0.25) is 0 Å². The first-order valence-corrected chi connectivity index (χ1v) is 8.11. The van der Waals surface area contributed by atoms with Gasteiger partial charge in [-0.2, -0.15) is 0 Å². The SMILES string of the molecule is CN1CC2(CCN(C=O)CC2)N(CC2CC2)CC1(C)C. The van der Waals surface area contributed by atoms with Crippen molar-refractivity contribution >= 4 is 6.41 Å². The highest BCUT2D eigenvalue weighted by atomic mass is 16.1. The molecule has 1 saturated carbocycles. The van der Waals surface area contributed by atoms with Crippen LogP contribution in [-0.4, -0.2) is 72.0 Å². The summed E-state index contributed by atoms with van der Waals surface area (Å²) in [4.78, 5) is 18.2. The van der Waals surface area contributed by atoms with E-state index in [-0.39, 0.29) is 5.54 Å². The Hall–Kier alpha value is -0.610. The second kappa shape index (κ2) is 4.99. The number of carbonyl (C=O) groups excluding carboxylic acids is 1. The zero-order valence-corrected chi connectivity index (χ0v) is 13.3. The standard InChI is InChI=1S/C16H29N3O/c1-15(2)11-19(10-14-4-5-14)16(12-17(15)3)6-8-18(13-20)9-7-16/h13-14H,4-12H2,1-3H3. The minimum atomic E-state index is 0.266. The lowest BCUT2D eigenvalue weighted by atomic mass is 9.79. The molecule has 0 aromatic rings. The number of amides is 1. The first-order valence-electron chi connectivity index (χ1n) is 8.11. The van der Waals surface area contributed by atoms with Crippen molar-refractivity contribution in [1.29, 1.82) is 0 Å². The number of likely N-dealkylation sites (N-methyl/N-ethyl adjacent to an activating group) is 1. The first kappa shape index (κ1) is 14.3. The van der Waals surface area contributed by atoms with Crippen LogP contribution in [0.15, 0.2) is 0 Å². The smallest absolute Gasteiger partial charge is 0.209 e. The molecule has 0 N–H and O–H groups in total. The van der Waals surface area contributed by atoms with Crippen LogP contribution in [0.5, 0.6) is 0 Å². The summed E-state index contributed by atoms with van der Waals surface area (Å²) in [5.74, 6) is 0.940. The largest absolute Gasteiger partial charge is 0.345 e. The Bertz CT molecular complexity index is 370. The summed E-state index contributed by atoms with van der Waals surface area (Å²) in [6.07, 6.45) is 6.14. The first-order chi connectivity index (χ1) is 9.45. The molecule has 20 heavy (non-hydrogen) atoms. The number of piperidine rings is 1. The van der Waals surface area contributed by atoms with Crippen molar-refractivity contribution in [2.45, 2.75) is 50.6 Å². The summed E-state index contributed by atoms with van der Waals surface area (Å²) < 4.78 is 0. The van der Waals surface area contributed by atoms with Gasteiger partial charge in [0, 0.05) is 43.8 Å². The summed E-state index contributed by atoms with van der Waals surface area (Å²) in [5, 5.41) is 0. The highest BCUT2D eigenvalue weighted by Crippen LogP contribution is 2.40. The van der Waals surface area contributed by atoms with Gasteiger partial charge in [0.05, 0.1) is 0 Å². The molecular formula is C16H29N3O. The average Bonchev–Trinajstić information content (AvgIpc) is 3.21. The Morgan fingerprint density at radius 2 is 1.80 bits per heavy atom. The minimum absolute atomic E-state index is 0.266. The molecule has 0 bridgehead atoms. The van der Waals surface area contributed by atoms with E-state index in [1.54, 1.807) is 0 Å². The molecule has 3 rings (SSSR count). The van der Waals surface area contributed by atoms with Gasteiger partial charge in [0.25, 0.3) is 0 Å². The zero-order valence-electron chi connectivity index (χ0n) is 13.3. The molecule has 0 aromatic heterocycles. The van der Waals surface area contributed by atoms with Gasteiger partial charge < -0.3 is 4.90 Å². The monoisotopic (exact) mass is 279 g/mol. The number of nitrogens with zero attached hydrogens (tertiary/aromatic N) is 3. The molecule has 1 spiro atoms. The molecule has 0 radical (unpaired) electrons. The van der Waals surface area contributed by atoms with Gasteiger partial charge >= 0.3 is 0 Å². The van der Waals surface area contributed by atoms with Crippen molar-refractivity contribution in [3.8, 4) is 0 Å². The van der Waals surface area contributed by atoms with Crippen LogP contribution in [0, 0.1) is 5.92 Å². The van der Waals surface area contributed by atoms with Crippen LogP contribution in [0.1, 0.15) is 39.5 Å². The van der Waals surface area contributed by atoms with E-state index >= 15 is 0 Å². The van der Waals surface area contributed by atoms with Crippen molar-refractivity contribution in [2.24, 2.45) is 5.92 Å². The lowest BCUT2D eigenvalue weighted by molar-refractivity contribution is -0.125. The molecule has 4 nitrogen and oxygen atoms in total. The highest BCUT2D eigenvalue weighted by Gasteiger charge is 2.49. The van der Waals surface area contributed by atoms with Gasteiger partial charge in [0.2, 0.25) is 6.41 Å². The molecule has 0 unspecified atom stereocenters. The summed E-state index contributed by atoms with van der Waals surface area (Å²) >= 11 is 0. The molecule has 1 aliphatic carbocycles. The summed E-state index contributed by atoms with van der Waals surface area (Å²) in [7, 11) is 2.27. The Kier molecular flexibility index (Phi) is 3.57. The maximum atomic E-state index is 11.0. The number of hydrogen-bond acceptors (Lipinski definition) is 3. The molecule has 2 heterocycles. The number of rotatable bonds is 3. The van der Waals surface area contributed by atoms with Crippen LogP contribution in [0.25, 0.3) is 0 Å². The van der Waals surface area contributed by atoms with Crippen molar-refractivity contribution in [3.05, 3.63) is 0 Å². The van der Waals surface area contributed by atoms with E-state index in [0.717, 1.165) is 44.8 Å². The van der Waals surface area contributed by atoms with Gasteiger partial charge in [-0.1, -0.05) is 0 Å². The van der Waals surface area contributed by atoms with E-state index in [1.165, 1.54) is 25.9 Å². The molecule has 4 heteroatoms. The van der Waals surface area contributed by atoms with E-state index < -0.39 is 0 Å². The molecule has 1 amide bonds. The Balaban J connectivity index is 1.76. The molecule has 0 aromatic carbocycles. The second-order valence-electron chi connectivity index (χ2n) is 7.86. The Labute approximate surface area is 123 Å². The third-order valence-corrected chi connectivity index (χ3v) is 5.87. The van der Waals surface area contributed by atoms with Crippen molar-refractivity contribution in [1.82, 2.24) is 14.7 Å². The summed E-state index contributed by atoms with van der Waals surface area (Å²) in [6, 6.07) is 0. The van der Waals surface area contributed by atoms with Crippen LogP contribution < -0.4 is 0 Å². The number of likely N-dealkylation sites (tertiary alicyclic amines) is 1. The summed E-state index contributed by atoms with van der Waals surface area (Å²) in [5.41, 5.74) is 0.578. The Morgan fingerprint density at radius 3 is 2.35 bits per heavy atom. The van der Waals surface area contributed by atoms with Gasteiger partial charge in [0.15, 0.2) is 0 Å². The normalized spacial score (nSPS) is 30.6. The fourth-order valence-electron chi connectivity index (χ4n) is 3.90. The third-order valence-electron chi connectivity index (χ3n) is 5.87. The lowest BCUT2D eigenvalue weighted by Gasteiger charge is -2.59. The topological polar surface area (TPSA) is 26.8 Å². The van der Waals surface area contributed by atoms with E-state index in [4.69, 9.17) is 0 Å². The molecule has 3 aliphatic rings. The third kappa shape index (κ3) is 2.60. The molecule has 0 atom stereocenters. The zero-order chi connectivity index (χ0) is 14.4. The average molecular weight is 279 g/mol. The van der Waals surface area contributed by atoms with Crippen LogP contribution in [0.3, 0.4) is 0 Å². The van der Waals surface area contributed by atoms with Crippen LogP contribution in [-0.2, 0) is 4.79 Å². The molecule has 114 valence electrons. The van der Waals surface area contributed by atoms with Gasteiger partial charge in [0.1, 0.15) is 0 Å². The van der Waals surface area contributed by atoms with E-state index in [0.29, 0.717) is 5.54 Å². The van der Waals surface area contributed by atoms with Crippen LogP contribution >= 0.6 is 0 Å². The molecule has 2 saturated heterocycles. The van der Waals surface area contributed by atoms with Gasteiger partial charge in [-0.15, -0.1) is 0 Å². The molecule has 3 fully saturated rings. The van der Waals surface area contributed by atoms with E-state index in [9.17, 15) is 4.79 Å². The van der Waals surface area contributed by atoms with Crippen molar-refractivity contribution in [3.63, 3.8) is 0 Å². The number of piperazine rings is 1. The van der Waals surface area contributed by atoms with Crippen molar-refractivity contribution in [2.75, 3.05) is 39.8 Å². The van der Waals surface area contributed by atoms with Crippen LogP contribution in [0.4, 0.5) is 0 Å². The predicted molar refractivity (Wildman–Crippen MR) is 80.6 cm³/mol. The van der Waals surface area contributed by atoms with E-state index in [2.05, 4.69) is 30.7 Å². The fraction of sp³-hybridized carbons (Fsp3) is 0.938. The maximum Gasteiger partial charge on any atom is 0.209 e. The summed E-state index contributed by atoms with van der Waals surface area (Å²) in [6.45, 7) is 10.2. The second-order valence-corrected chi connectivity index (χ2v) is 7.86. The van der Waals surface area contributed by atoms with Crippen molar-refractivity contribution < 1.29 is 4.79 Å². The quantitative estimate of drug-likeness (QED) is 0.731. The molecular weight excluding hydrogens is 250 g/mol. The molecule has 2 aliphatic heterocycles. The van der Waals surface area contributed by atoms with Gasteiger partial charge in [-0.05, 0) is 52.5 Å². The minimum Gasteiger partial charge on any atom is -0.345 e. The lowest BCUT2D eigenvalue weighted by Crippen LogP contribution is -2.70. The predicted octanol–water partition coefficient (Wildman–Crippen LogP) is 1.41.